The molecule has 2 aliphatic carbocycles. The van der Waals surface area contributed by atoms with Crippen LogP contribution in [0.15, 0.2) is 0 Å². The maximum absolute atomic E-state index is 2.67. The predicted molar refractivity (Wildman–Crippen MR) is 128 cm³/mol. The van der Waals surface area contributed by atoms with E-state index < -0.39 is 0 Å². The van der Waals surface area contributed by atoms with Gasteiger partial charge in [-0.25, -0.2) is 0 Å². The second kappa shape index (κ2) is 10.1. The predicted octanol–water partition coefficient (Wildman–Crippen LogP) is 8.33. The second-order valence-corrected chi connectivity index (χ2v) is 13.1. The minimum Gasteiger partial charge on any atom is -0.296 e. The first-order valence-corrected chi connectivity index (χ1v) is 13.4. The fourth-order valence-electron chi connectivity index (χ4n) is 7.53. The van der Waals surface area contributed by atoms with Crippen molar-refractivity contribution in [2.45, 2.75) is 131 Å². The summed E-state index contributed by atoms with van der Waals surface area (Å²) in [6.45, 7) is 17.7. The molecule has 1 saturated heterocycles. The summed E-state index contributed by atoms with van der Waals surface area (Å²) in [6, 6.07) is 0. The van der Waals surface area contributed by atoms with Gasteiger partial charge in [-0.1, -0.05) is 79.1 Å². The molecule has 29 heavy (non-hydrogen) atoms. The molecule has 170 valence electrons. The van der Waals surface area contributed by atoms with Crippen LogP contribution in [0.1, 0.15) is 125 Å². The van der Waals surface area contributed by atoms with Crippen molar-refractivity contribution in [1.29, 1.82) is 0 Å². The Hall–Kier alpha value is -0.0400. The Morgan fingerprint density at radius 2 is 1.28 bits per heavy atom. The van der Waals surface area contributed by atoms with Gasteiger partial charge in [-0.3, -0.25) is 4.90 Å². The highest BCUT2D eigenvalue weighted by Crippen LogP contribution is 2.46. The highest BCUT2D eigenvalue weighted by molar-refractivity contribution is 4.93. The van der Waals surface area contributed by atoms with Gasteiger partial charge >= 0.3 is 0 Å². The molecule has 3 rings (SSSR count). The third-order valence-corrected chi connectivity index (χ3v) is 8.91. The van der Waals surface area contributed by atoms with Gasteiger partial charge in [0.25, 0.3) is 0 Å². The molecule has 0 amide bonds. The first kappa shape index (κ1) is 23.6. The molecule has 1 heteroatoms. The average molecular weight is 404 g/mol. The lowest BCUT2D eigenvalue weighted by Crippen LogP contribution is -2.34. The van der Waals surface area contributed by atoms with Crippen LogP contribution in [0.3, 0.4) is 0 Å². The van der Waals surface area contributed by atoms with Crippen LogP contribution in [0.25, 0.3) is 0 Å². The van der Waals surface area contributed by atoms with Gasteiger partial charge < -0.3 is 0 Å². The van der Waals surface area contributed by atoms with E-state index in [9.17, 15) is 0 Å². The van der Waals surface area contributed by atoms with Crippen LogP contribution in [0.4, 0.5) is 0 Å². The van der Waals surface area contributed by atoms with Crippen molar-refractivity contribution in [3.63, 3.8) is 0 Å². The molecule has 2 saturated carbocycles. The van der Waals surface area contributed by atoms with Gasteiger partial charge in [-0.05, 0) is 81.0 Å². The summed E-state index contributed by atoms with van der Waals surface area (Å²) in [5, 5.41) is 0. The third kappa shape index (κ3) is 7.55. The average Bonchev–Trinajstić information content (AvgIpc) is 3.40. The van der Waals surface area contributed by atoms with Crippen molar-refractivity contribution in [2.24, 2.45) is 35.0 Å². The first-order valence-electron chi connectivity index (χ1n) is 13.4. The fourth-order valence-corrected chi connectivity index (χ4v) is 7.53. The summed E-state index contributed by atoms with van der Waals surface area (Å²) < 4.78 is 0. The van der Waals surface area contributed by atoms with Crippen molar-refractivity contribution in [3.8, 4) is 0 Å². The van der Waals surface area contributed by atoms with Crippen molar-refractivity contribution in [1.82, 2.24) is 4.90 Å². The summed E-state index contributed by atoms with van der Waals surface area (Å²) >= 11 is 0. The number of hydrogen-bond acceptors (Lipinski definition) is 1. The van der Waals surface area contributed by atoms with Crippen LogP contribution >= 0.6 is 0 Å². The van der Waals surface area contributed by atoms with Gasteiger partial charge in [-0.2, -0.15) is 0 Å². The minimum absolute atomic E-state index is 0.463. The summed E-state index contributed by atoms with van der Waals surface area (Å²) in [5.74, 6) is 5.01. The summed E-state index contributed by atoms with van der Waals surface area (Å²) in [7, 11) is 0. The molecule has 3 aliphatic rings. The highest BCUT2D eigenvalue weighted by atomic mass is 15.3. The van der Waals surface area contributed by atoms with Gasteiger partial charge in [-0.15, -0.1) is 0 Å². The van der Waals surface area contributed by atoms with E-state index in [1.165, 1.54) is 96.6 Å². The van der Waals surface area contributed by atoms with Crippen molar-refractivity contribution < 1.29 is 0 Å². The monoisotopic (exact) mass is 403 g/mol. The third-order valence-electron chi connectivity index (χ3n) is 8.91. The standard InChI is InChI=1S/C28H53N/c1-7-8-22(2)17-25-13-14-26(18-25)20-27(3,4)19-23-9-11-24(12-10-23)21-28(5,6)29-15-16-29/h22-26H,7-21H2,1-6H3. The number of rotatable bonds is 11. The highest BCUT2D eigenvalue weighted by Gasteiger charge is 2.38. The van der Waals surface area contributed by atoms with E-state index in [2.05, 4.69) is 46.4 Å². The van der Waals surface area contributed by atoms with Crippen molar-refractivity contribution >= 4 is 0 Å². The first-order chi connectivity index (χ1) is 13.7. The number of hydrogen-bond donors (Lipinski definition) is 0. The summed E-state index contributed by atoms with van der Waals surface area (Å²) in [6.07, 6.45) is 19.3. The Morgan fingerprint density at radius 1 is 0.759 bits per heavy atom. The van der Waals surface area contributed by atoms with Crippen LogP contribution in [0, 0.1) is 35.0 Å². The molecule has 3 fully saturated rings. The van der Waals surface area contributed by atoms with Crippen LogP contribution in [0.2, 0.25) is 0 Å². The van der Waals surface area contributed by atoms with E-state index >= 15 is 0 Å². The molecule has 0 radical (unpaired) electrons. The van der Waals surface area contributed by atoms with Gasteiger partial charge in [0.05, 0.1) is 0 Å². The lowest BCUT2D eigenvalue weighted by atomic mass is 9.69. The van der Waals surface area contributed by atoms with Crippen molar-refractivity contribution in [2.75, 3.05) is 13.1 Å². The summed E-state index contributed by atoms with van der Waals surface area (Å²) in [5.41, 5.74) is 1.02. The lowest BCUT2D eigenvalue weighted by Gasteiger charge is -2.38. The van der Waals surface area contributed by atoms with E-state index in [1.807, 2.05) is 0 Å². The van der Waals surface area contributed by atoms with E-state index in [4.69, 9.17) is 0 Å². The van der Waals surface area contributed by atoms with E-state index in [0.717, 1.165) is 29.6 Å². The zero-order valence-electron chi connectivity index (χ0n) is 20.9. The molecule has 0 aromatic heterocycles. The SMILES string of the molecule is CCCC(C)CC1CCC(CC(C)(C)CC2CCC(CC(C)(C)N3CC3)CC2)C1. The van der Waals surface area contributed by atoms with Crippen LogP contribution in [-0.4, -0.2) is 23.5 Å². The smallest absolute Gasteiger partial charge is 0.0156 e. The molecule has 3 atom stereocenters. The fraction of sp³-hybridized carbons (Fsp3) is 1.00. The zero-order valence-corrected chi connectivity index (χ0v) is 20.9. The zero-order chi connectivity index (χ0) is 21.1. The Kier molecular flexibility index (Phi) is 8.19. The molecular formula is C28H53N. The van der Waals surface area contributed by atoms with Gasteiger partial charge in [0.15, 0.2) is 0 Å². The largest absolute Gasteiger partial charge is 0.296 e. The Bertz CT molecular complexity index is 481. The summed E-state index contributed by atoms with van der Waals surface area (Å²) in [4.78, 5) is 2.67. The molecule has 1 nitrogen and oxygen atoms in total. The lowest BCUT2D eigenvalue weighted by molar-refractivity contribution is 0.136. The molecule has 0 bridgehead atoms. The maximum atomic E-state index is 2.67. The molecule has 1 aliphatic heterocycles. The van der Waals surface area contributed by atoms with E-state index in [0.29, 0.717) is 11.0 Å². The molecule has 0 spiro atoms. The quantitative estimate of drug-likeness (QED) is 0.313. The maximum Gasteiger partial charge on any atom is 0.0156 e. The van der Waals surface area contributed by atoms with Crippen molar-refractivity contribution in [3.05, 3.63) is 0 Å². The van der Waals surface area contributed by atoms with E-state index in [1.54, 1.807) is 0 Å². The van der Waals surface area contributed by atoms with Gasteiger partial charge in [0.1, 0.15) is 0 Å². The molecule has 0 N–H and O–H groups in total. The van der Waals surface area contributed by atoms with Crippen LogP contribution < -0.4 is 0 Å². The minimum atomic E-state index is 0.463. The molecular weight excluding hydrogens is 350 g/mol. The molecule has 0 aromatic carbocycles. The Balaban J connectivity index is 1.36. The topological polar surface area (TPSA) is 3.01 Å². The molecule has 1 heterocycles. The normalized spacial score (nSPS) is 32.5. The second-order valence-electron chi connectivity index (χ2n) is 13.1. The molecule has 0 aromatic rings. The van der Waals surface area contributed by atoms with E-state index in [-0.39, 0.29) is 0 Å². The van der Waals surface area contributed by atoms with Gasteiger partial charge in [0, 0.05) is 18.6 Å². The van der Waals surface area contributed by atoms with Crippen LogP contribution in [0.5, 0.6) is 0 Å². The Labute approximate surface area is 183 Å². The van der Waals surface area contributed by atoms with Gasteiger partial charge in [0.2, 0.25) is 0 Å². The number of nitrogens with zero attached hydrogens (tertiary/aromatic N) is 1. The Morgan fingerprint density at radius 3 is 1.86 bits per heavy atom. The van der Waals surface area contributed by atoms with Crippen LogP contribution in [-0.2, 0) is 0 Å². The molecule has 3 unspecified atom stereocenters.